The average molecular weight is 315 g/mol. The maximum Gasteiger partial charge on any atom is 0.237 e. The van der Waals surface area contributed by atoms with Crippen molar-refractivity contribution in [3.8, 4) is 0 Å². The van der Waals surface area contributed by atoms with Crippen molar-refractivity contribution < 1.29 is 4.79 Å². The summed E-state index contributed by atoms with van der Waals surface area (Å²) in [4.78, 5) is 17.2. The van der Waals surface area contributed by atoms with Gasteiger partial charge in [0, 0.05) is 31.7 Å². The third-order valence-electron chi connectivity index (χ3n) is 5.25. The summed E-state index contributed by atoms with van der Waals surface area (Å²) in [7, 11) is 0. The average Bonchev–Trinajstić information content (AvgIpc) is 3.34. The molecule has 126 valence electrons. The smallest absolute Gasteiger partial charge is 0.237 e. The van der Waals surface area contributed by atoms with Crippen LogP contribution in [0.5, 0.6) is 0 Å². The first-order valence-corrected chi connectivity index (χ1v) is 8.77. The quantitative estimate of drug-likeness (QED) is 0.906. The van der Waals surface area contributed by atoms with Gasteiger partial charge in [0.05, 0.1) is 6.54 Å². The number of hydrogen-bond acceptors (Lipinski definition) is 3. The number of amides is 1. The van der Waals surface area contributed by atoms with Gasteiger partial charge in [-0.3, -0.25) is 9.69 Å². The summed E-state index contributed by atoms with van der Waals surface area (Å²) in [6.07, 6.45) is 3.27. The van der Waals surface area contributed by atoms with Gasteiger partial charge in [-0.15, -0.1) is 0 Å². The number of benzene rings is 1. The lowest BCUT2D eigenvalue weighted by molar-refractivity contribution is -0.134. The fourth-order valence-electron chi connectivity index (χ4n) is 3.49. The van der Waals surface area contributed by atoms with E-state index in [4.69, 9.17) is 5.73 Å². The molecule has 1 aliphatic heterocycles. The summed E-state index contributed by atoms with van der Waals surface area (Å²) in [6, 6.07) is 11.0. The second kappa shape index (κ2) is 6.62. The van der Waals surface area contributed by atoms with Crippen molar-refractivity contribution in [3.05, 3.63) is 35.9 Å². The van der Waals surface area contributed by atoms with E-state index in [2.05, 4.69) is 35.8 Å². The molecule has 1 amide bonds. The van der Waals surface area contributed by atoms with Crippen LogP contribution >= 0.6 is 0 Å². The number of likely N-dealkylation sites (tertiary alicyclic amines) is 1. The molecule has 1 aromatic rings. The van der Waals surface area contributed by atoms with Crippen molar-refractivity contribution in [3.63, 3.8) is 0 Å². The minimum Gasteiger partial charge on any atom is -0.334 e. The molecule has 3 rings (SSSR count). The van der Waals surface area contributed by atoms with E-state index in [1.807, 2.05) is 18.2 Å². The van der Waals surface area contributed by atoms with Gasteiger partial charge in [0.2, 0.25) is 5.91 Å². The molecule has 0 radical (unpaired) electrons. The lowest BCUT2D eigenvalue weighted by Gasteiger charge is -2.42. The Hall–Kier alpha value is -1.39. The fourth-order valence-corrected chi connectivity index (χ4v) is 3.49. The van der Waals surface area contributed by atoms with Crippen LogP contribution in [0.2, 0.25) is 0 Å². The van der Waals surface area contributed by atoms with Gasteiger partial charge in [0.15, 0.2) is 0 Å². The first kappa shape index (κ1) is 16.5. The molecule has 0 bridgehead atoms. The molecule has 1 saturated heterocycles. The van der Waals surface area contributed by atoms with E-state index in [9.17, 15) is 4.79 Å². The predicted octanol–water partition coefficient (Wildman–Crippen LogP) is 2.24. The zero-order chi connectivity index (χ0) is 16.4. The van der Waals surface area contributed by atoms with Crippen molar-refractivity contribution in [1.82, 2.24) is 9.80 Å². The third kappa shape index (κ3) is 4.12. The second-order valence-electron chi connectivity index (χ2n) is 7.83. The van der Waals surface area contributed by atoms with Crippen LogP contribution < -0.4 is 5.73 Å². The van der Waals surface area contributed by atoms with E-state index in [0.717, 1.165) is 38.9 Å². The Labute approximate surface area is 139 Å². The van der Waals surface area contributed by atoms with Crippen LogP contribution in [0.4, 0.5) is 0 Å². The largest absolute Gasteiger partial charge is 0.334 e. The highest BCUT2D eigenvalue weighted by molar-refractivity contribution is 5.79. The first-order chi connectivity index (χ1) is 11.0. The van der Waals surface area contributed by atoms with Crippen LogP contribution in [-0.4, -0.2) is 47.4 Å². The molecule has 1 heterocycles. The molecule has 0 spiro atoms. The Morgan fingerprint density at radius 2 is 1.96 bits per heavy atom. The van der Waals surface area contributed by atoms with Gasteiger partial charge < -0.3 is 10.6 Å². The van der Waals surface area contributed by atoms with Crippen LogP contribution in [0.1, 0.15) is 38.7 Å². The van der Waals surface area contributed by atoms with Crippen molar-refractivity contribution in [1.29, 1.82) is 0 Å². The third-order valence-corrected chi connectivity index (χ3v) is 5.25. The maximum atomic E-state index is 12.8. The molecule has 4 nitrogen and oxygen atoms in total. The zero-order valence-corrected chi connectivity index (χ0v) is 14.4. The van der Waals surface area contributed by atoms with Crippen molar-refractivity contribution in [2.75, 3.05) is 19.6 Å². The minimum atomic E-state index is 0.0857. The van der Waals surface area contributed by atoms with Crippen molar-refractivity contribution >= 4 is 5.91 Å². The van der Waals surface area contributed by atoms with E-state index < -0.39 is 0 Å². The highest BCUT2D eigenvalue weighted by atomic mass is 16.2. The molecular formula is C19H29N3O. The minimum absolute atomic E-state index is 0.0857. The summed E-state index contributed by atoms with van der Waals surface area (Å²) in [5, 5.41) is 0. The van der Waals surface area contributed by atoms with Crippen LogP contribution in [0, 0.1) is 5.41 Å². The molecule has 2 aliphatic rings. The molecule has 23 heavy (non-hydrogen) atoms. The number of hydrogen-bond donors (Lipinski definition) is 1. The molecule has 2 N–H and O–H groups in total. The molecule has 1 atom stereocenters. The number of carbonyl (C=O) groups is 1. The number of piperidine rings is 1. The SMILES string of the molecule is CC1(C)CN(CC(=O)N(Cc2ccccc2)C2CC2)CCC1N. The fraction of sp³-hybridized carbons (Fsp3) is 0.632. The monoisotopic (exact) mass is 315 g/mol. The van der Waals surface area contributed by atoms with E-state index in [1.165, 1.54) is 5.56 Å². The highest BCUT2D eigenvalue weighted by Crippen LogP contribution is 2.30. The van der Waals surface area contributed by atoms with Crippen molar-refractivity contribution in [2.24, 2.45) is 11.1 Å². The van der Waals surface area contributed by atoms with Crippen molar-refractivity contribution in [2.45, 2.75) is 51.7 Å². The number of rotatable bonds is 5. The summed E-state index contributed by atoms with van der Waals surface area (Å²) in [6.45, 7) is 7.51. The van der Waals surface area contributed by atoms with E-state index in [-0.39, 0.29) is 17.4 Å². The molecule has 1 aliphatic carbocycles. The normalized spacial score (nSPS) is 24.4. The Morgan fingerprint density at radius 3 is 2.57 bits per heavy atom. The van der Waals surface area contributed by atoms with Crippen LogP contribution in [0.3, 0.4) is 0 Å². The topological polar surface area (TPSA) is 49.6 Å². The summed E-state index contributed by atoms with van der Waals surface area (Å²) in [5.74, 6) is 0.266. The zero-order valence-electron chi connectivity index (χ0n) is 14.4. The van der Waals surface area contributed by atoms with Gasteiger partial charge in [-0.05, 0) is 30.2 Å². The summed E-state index contributed by atoms with van der Waals surface area (Å²) in [5.41, 5.74) is 7.51. The molecular weight excluding hydrogens is 286 g/mol. The van der Waals surface area contributed by atoms with Gasteiger partial charge in [-0.25, -0.2) is 0 Å². The molecule has 1 unspecified atom stereocenters. The Kier molecular flexibility index (Phi) is 4.74. The standard InChI is InChI=1S/C19H29N3O/c1-19(2)14-21(11-10-17(19)20)13-18(23)22(16-8-9-16)12-15-6-4-3-5-7-15/h3-7,16-17H,8-14,20H2,1-2H3. The van der Waals surface area contributed by atoms with Crippen LogP contribution in [0.15, 0.2) is 30.3 Å². The Morgan fingerprint density at radius 1 is 1.26 bits per heavy atom. The number of nitrogens with two attached hydrogens (primary N) is 1. The van der Waals surface area contributed by atoms with Gasteiger partial charge >= 0.3 is 0 Å². The van der Waals surface area contributed by atoms with Gasteiger partial charge in [0.1, 0.15) is 0 Å². The molecule has 1 aromatic carbocycles. The van der Waals surface area contributed by atoms with Gasteiger partial charge in [-0.2, -0.15) is 0 Å². The Bertz CT molecular complexity index is 539. The predicted molar refractivity (Wildman–Crippen MR) is 92.8 cm³/mol. The lowest BCUT2D eigenvalue weighted by Crippen LogP contribution is -2.54. The number of nitrogens with zero attached hydrogens (tertiary/aromatic N) is 2. The van der Waals surface area contributed by atoms with Crippen LogP contribution in [0.25, 0.3) is 0 Å². The van der Waals surface area contributed by atoms with Gasteiger partial charge in [-0.1, -0.05) is 44.2 Å². The Balaban J connectivity index is 1.61. The van der Waals surface area contributed by atoms with Gasteiger partial charge in [0.25, 0.3) is 0 Å². The summed E-state index contributed by atoms with van der Waals surface area (Å²) < 4.78 is 0. The summed E-state index contributed by atoms with van der Waals surface area (Å²) >= 11 is 0. The molecule has 0 aromatic heterocycles. The molecule has 1 saturated carbocycles. The highest BCUT2D eigenvalue weighted by Gasteiger charge is 2.37. The number of carbonyl (C=O) groups excluding carboxylic acids is 1. The maximum absolute atomic E-state index is 12.8. The van der Waals surface area contributed by atoms with Crippen LogP contribution in [-0.2, 0) is 11.3 Å². The first-order valence-electron chi connectivity index (χ1n) is 8.77. The lowest BCUT2D eigenvalue weighted by atomic mass is 9.80. The van der Waals surface area contributed by atoms with E-state index in [1.54, 1.807) is 0 Å². The van der Waals surface area contributed by atoms with E-state index >= 15 is 0 Å². The molecule has 2 fully saturated rings. The second-order valence-corrected chi connectivity index (χ2v) is 7.83. The van der Waals surface area contributed by atoms with E-state index in [0.29, 0.717) is 12.6 Å². The molecule has 4 heteroatoms.